The molecule has 0 spiro atoms. The van der Waals surface area contributed by atoms with E-state index in [1.165, 1.54) is 0 Å². The molecule has 11 heteroatoms. The van der Waals surface area contributed by atoms with E-state index in [0.29, 0.717) is 16.8 Å². The molecule has 1 amide bonds. The molecule has 4 aromatic rings. The summed E-state index contributed by atoms with van der Waals surface area (Å²) in [6, 6.07) is 15.6. The van der Waals surface area contributed by atoms with Gasteiger partial charge in [-0.15, -0.1) is 0 Å². The summed E-state index contributed by atoms with van der Waals surface area (Å²) in [5, 5.41) is 12.6. The first kappa shape index (κ1) is 21.1. The second-order valence-corrected chi connectivity index (χ2v) is 7.52. The van der Waals surface area contributed by atoms with Crippen molar-refractivity contribution < 1.29 is 14.5 Å². The van der Waals surface area contributed by atoms with Gasteiger partial charge >= 0.3 is 11.6 Å². The van der Waals surface area contributed by atoms with Crippen LogP contribution in [0.5, 0.6) is 11.6 Å². The van der Waals surface area contributed by atoms with E-state index in [4.69, 9.17) is 4.74 Å². The van der Waals surface area contributed by atoms with Gasteiger partial charge in [0.25, 0.3) is 5.91 Å². The summed E-state index contributed by atoms with van der Waals surface area (Å²) in [5.74, 6) is -0.713. The fourth-order valence-electron chi connectivity index (χ4n) is 2.89. The Morgan fingerprint density at radius 2 is 1.88 bits per heavy atom. The Bertz CT molecular complexity index is 1330. The summed E-state index contributed by atoms with van der Waals surface area (Å²) in [5.41, 5.74) is 6.00. The van der Waals surface area contributed by atoms with E-state index in [1.807, 2.05) is 25.1 Å². The molecule has 0 saturated carbocycles. The molecule has 2 N–H and O–H groups in total. The van der Waals surface area contributed by atoms with Crippen LogP contribution in [-0.2, 0) is 0 Å². The molecule has 0 radical (unpaired) electrons. The number of fused-ring (bicyclic) bond motifs is 1. The minimum Gasteiger partial charge on any atom is -0.431 e. The summed E-state index contributed by atoms with van der Waals surface area (Å²) >= 11 is 3.29. The van der Waals surface area contributed by atoms with Crippen LogP contribution in [0.2, 0.25) is 0 Å². The topological polar surface area (TPSA) is 132 Å². The van der Waals surface area contributed by atoms with Crippen molar-refractivity contribution in [3.05, 3.63) is 86.8 Å². The minimum absolute atomic E-state index is 0.227. The van der Waals surface area contributed by atoms with Gasteiger partial charge in [-0.05, 0) is 43.3 Å². The van der Waals surface area contributed by atoms with Gasteiger partial charge in [-0.1, -0.05) is 34.1 Å². The first-order valence-corrected chi connectivity index (χ1v) is 10.1. The number of hydrazine groups is 1. The molecule has 2 aromatic heterocycles. The van der Waals surface area contributed by atoms with Crippen molar-refractivity contribution in [2.75, 3.05) is 5.43 Å². The summed E-state index contributed by atoms with van der Waals surface area (Å²) in [6.45, 7) is 1.83. The van der Waals surface area contributed by atoms with Crippen LogP contribution in [0.15, 0.2) is 65.4 Å². The maximum absolute atomic E-state index is 12.3. The van der Waals surface area contributed by atoms with Crippen LogP contribution < -0.4 is 15.6 Å². The highest BCUT2D eigenvalue weighted by atomic mass is 79.9. The number of aryl methyl sites for hydroxylation is 1. The van der Waals surface area contributed by atoms with Gasteiger partial charge < -0.3 is 4.74 Å². The number of rotatable bonds is 6. The van der Waals surface area contributed by atoms with Crippen molar-refractivity contribution in [3.8, 4) is 11.6 Å². The molecule has 0 aliphatic carbocycles. The molecular weight excluding hydrogens is 480 g/mol. The number of pyridine rings is 1. The maximum atomic E-state index is 12.3. The number of benzene rings is 2. The van der Waals surface area contributed by atoms with Crippen LogP contribution in [0.1, 0.15) is 16.1 Å². The van der Waals surface area contributed by atoms with E-state index in [-0.39, 0.29) is 11.7 Å². The number of carbonyl (C=O) groups is 1. The number of ether oxygens (including phenoxy) is 1. The summed E-state index contributed by atoms with van der Waals surface area (Å²) in [7, 11) is 0. The number of hydrogen-bond donors (Lipinski definition) is 2. The van der Waals surface area contributed by atoms with Crippen LogP contribution in [0, 0.1) is 17.0 Å². The predicted octanol–water partition coefficient (Wildman–Crippen LogP) is 4.55. The second kappa shape index (κ2) is 8.94. The number of aromatic nitrogens is 3. The molecule has 0 bridgehead atoms. The Kier molecular flexibility index (Phi) is 5.90. The van der Waals surface area contributed by atoms with Crippen LogP contribution in [0.25, 0.3) is 10.9 Å². The fourth-order valence-corrected chi connectivity index (χ4v) is 3.15. The highest BCUT2D eigenvalue weighted by Gasteiger charge is 2.26. The normalized spacial score (nSPS) is 10.6. The van der Waals surface area contributed by atoms with Gasteiger partial charge in [-0.2, -0.15) is 4.98 Å². The first-order chi connectivity index (χ1) is 15.4. The Balaban J connectivity index is 1.63. The summed E-state index contributed by atoms with van der Waals surface area (Å²) in [4.78, 5) is 35.7. The molecule has 0 aliphatic heterocycles. The van der Waals surface area contributed by atoms with E-state index >= 15 is 0 Å². The number of nitrogens with one attached hydrogen (secondary N) is 2. The molecule has 4 rings (SSSR count). The van der Waals surface area contributed by atoms with Gasteiger partial charge in [-0.3, -0.25) is 25.8 Å². The molecule has 0 atom stereocenters. The van der Waals surface area contributed by atoms with Crippen molar-refractivity contribution in [1.29, 1.82) is 0 Å². The number of halogens is 1. The molecule has 160 valence electrons. The van der Waals surface area contributed by atoms with E-state index in [1.54, 1.807) is 36.4 Å². The first-order valence-electron chi connectivity index (χ1n) is 9.28. The molecule has 0 saturated heterocycles. The zero-order valence-electron chi connectivity index (χ0n) is 16.6. The van der Waals surface area contributed by atoms with E-state index in [9.17, 15) is 14.9 Å². The van der Waals surface area contributed by atoms with Gasteiger partial charge in [-0.25, -0.2) is 9.97 Å². The zero-order chi connectivity index (χ0) is 22.7. The van der Waals surface area contributed by atoms with Crippen molar-refractivity contribution in [2.45, 2.75) is 6.92 Å². The molecule has 2 heterocycles. The van der Waals surface area contributed by atoms with Crippen LogP contribution in [0.4, 0.5) is 11.5 Å². The molecule has 0 fully saturated rings. The van der Waals surface area contributed by atoms with Gasteiger partial charge in [0.1, 0.15) is 11.8 Å². The fraction of sp³-hybridized carbons (Fsp3) is 0.0476. The lowest BCUT2D eigenvalue weighted by atomic mass is 10.2. The third-order valence-electron chi connectivity index (χ3n) is 4.40. The SMILES string of the molecule is Cc1ccc2cccc(Oc3ncnc(NNC(=O)c4ccc(Br)cc4)c3[N+](=O)[O-])c2n1. The molecule has 10 nitrogen and oxygen atoms in total. The number of nitro groups is 1. The Hall–Kier alpha value is -4.12. The van der Waals surface area contributed by atoms with Gasteiger partial charge in [0, 0.05) is 21.1 Å². The smallest absolute Gasteiger partial charge is 0.374 e. The molecular formula is C21H15BrN6O4. The number of nitrogens with zero attached hydrogens (tertiary/aromatic N) is 4. The number of para-hydroxylation sites is 1. The molecule has 0 unspecified atom stereocenters. The second-order valence-electron chi connectivity index (χ2n) is 6.60. The molecule has 0 aliphatic rings. The standard InChI is InChI=1S/C21H15BrN6O4/c1-12-5-6-13-3-2-4-16(17(13)25-12)32-21-18(28(30)31)19(23-11-24-21)26-27-20(29)14-7-9-15(22)10-8-14/h2-11H,1H3,(H,27,29)(H,23,24,26). The van der Waals surface area contributed by atoms with Gasteiger partial charge in [0.05, 0.1) is 4.92 Å². The Labute approximate surface area is 189 Å². The van der Waals surface area contributed by atoms with Gasteiger partial charge in [0.2, 0.25) is 5.82 Å². The maximum Gasteiger partial charge on any atom is 0.374 e. The summed E-state index contributed by atoms with van der Waals surface area (Å²) < 4.78 is 6.58. The number of amides is 1. The lowest BCUT2D eigenvalue weighted by Crippen LogP contribution is -2.30. The third kappa shape index (κ3) is 4.47. The molecule has 2 aromatic carbocycles. The Morgan fingerprint density at radius 1 is 1.09 bits per heavy atom. The number of hydrogen-bond acceptors (Lipinski definition) is 8. The van der Waals surface area contributed by atoms with E-state index in [2.05, 4.69) is 41.7 Å². The van der Waals surface area contributed by atoms with Crippen LogP contribution in [0.3, 0.4) is 0 Å². The monoisotopic (exact) mass is 494 g/mol. The van der Waals surface area contributed by atoms with Crippen molar-refractivity contribution >= 4 is 44.2 Å². The lowest BCUT2D eigenvalue weighted by Gasteiger charge is -2.11. The van der Waals surface area contributed by atoms with Crippen molar-refractivity contribution in [1.82, 2.24) is 20.4 Å². The third-order valence-corrected chi connectivity index (χ3v) is 4.93. The van der Waals surface area contributed by atoms with E-state index < -0.39 is 16.5 Å². The predicted molar refractivity (Wildman–Crippen MR) is 120 cm³/mol. The largest absolute Gasteiger partial charge is 0.431 e. The van der Waals surface area contributed by atoms with Crippen LogP contribution in [-0.4, -0.2) is 25.8 Å². The highest BCUT2D eigenvalue weighted by molar-refractivity contribution is 9.10. The lowest BCUT2D eigenvalue weighted by molar-refractivity contribution is -0.385. The summed E-state index contributed by atoms with van der Waals surface area (Å²) in [6.07, 6.45) is 1.10. The van der Waals surface area contributed by atoms with Crippen molar-refractivity contribution in [3.63, 3.8) is 0 Å². The van der Waals surface area contributed by atoms with E-state index in [0.717, 1.165) is 21.9 Å². The average molecular weight is 495 g/mol. The highest BCUT2D eigenvalue weighted by Crippen LogP contribution is 2.36. The van der Waals surface area contributed by atoms with Crippen LogP contribution >= 0.6 is 15.9 Å². The Morgan fingerprint density at radius 3 is 2.62 bits per heavy atom. The molecule has 32 heavy (non-hydrogen) atoms. The number of carbonyl (C=O) groups excluding carboxylic acids is 1. The number of anilines is 1. The average Bonchev–Trinajstić information content (AvgIpc) is 2.78. The van der Waals surface area contributed by atoms with Crippen molar-refractivity contribution in [2.24, 2.45) is 0 Å². The van der Waals surface area contributed by atoms with Gasteiger partial charge in [0.15, 0.2) is 5.75 Å². The zero-order valence-corrected chi connectivity index (χ0v) is 18.2. The quantitative estimate of drug-likeness (QED) is 0.294. The minimum atomic E-state index is -0.687.